The molecular formula is C9H7ClN4S. The summed E-state index contributed by atoms with van der Waals surface area (Å²) in [4.78, 5) is 12.2. The van der Waals surface area contributed by atoms with E-state index in [1.807, 2.05) is 0 Å². The van der Waals surface area contributed by atoms with Crippen LogP contribution in [0.2, 0.25) is 5.02 Å². The molecule has 2 N–H and O–H groups in total. The van der Waals surface area contributed by atoms with Gasteiger partial charge >= 0.3 is 0 Å². The van der Waals surface area contributed by atoms with E-state index in [0.717, 1.165) is 5.03 Å². The van der Waals surface area contributed by atoms with Gasteiger partial charge in [-0.25, -0.2) is 9.97 Å². The summed E-state index contributed by atoms with van der Waals surface area (Å²) in [5.74, 6) is 0. The van der Waals surface area contributed by atoms with Crippen molar-refractivity contribution < 1.29 is 0 Å². The zero-order valence-electron chi connectivity index (χ0n) is 7.59. The Labute approximate surface area is 95.9 Å². The topological polar surface area (TPSA) is 64.7 Å². The number of pyridine rings is 1. The number of nitrogens with zero attached hydrogens (tertiary/aromatic N) is 3. The Bertz CT molecular complexity index is 463. The minimum Gasteiger partial charge on any atom is -0.396 e. The highest BCUT2D eigenvalue weighted by atomic mass is 35.5. The number of nitrogens with two attached hydrogens (primary N) is 1. The van der Waals surface area contributed by atoms with Gasteiger partial charge in [0.25, 0.3) is 0 Å². The van der Waals surface area contributed by atoms with E-state index in [2.05, 4.69) is 15.0 Å². The summed E-state index contributed by atoms with van der Waals surface area (Å²) in [6, 6.07) is 1.66. The fraction of sp³-hybridized carbons (Fsp3) is 0. The van der Waals surface area contributed by atoms with Crippen LogP contribution in [0.4, 0.5) is 5.69 Å². The molecule has 0 saturated heterocycles. The van der Waals surface area contributed by atoms with Gasteiger partial charge in [0.2, 0.25) is 0 Å². The first-order valence-electron chi connectivity index (χ1n) is 4.10. The van der Waals surface area contributed by atoms with Crippen LogP contribution >= 0.6 is 23.4 Å². The van der Waals surface area contributed by atoms with Crippen LogP contribution in [-0.2, 0) is 0 Å². The molecule has 6 heteroatoms. The van der Waals surface area contributed by atoms with Crippen molar-refractivity contribution in [3.05, 3.63) is 35.9 Å². The molecule has 0 fully saturated rings. The Morgan fingerprint density at radius 2 is 2.07 bits per heavy atom. The zero-order valence-corrected chi connectivity index (χ0v) is 9.16. The number of hydrogen-bond donors (Lipinski definition) is 1. The molecule has 0 atom stereocenters. The molecule has 0 aliphatic rings. The minimum atomic E-state index is 0.524. The molecule has 4 nitrogen and oxygen atoms in total. The van der Waals surface area contributed by atoms with E-state index >= 15 is 0 Å². The van der Waals surface area contributed by atoms with Gasteiger partial charge in [0, 0.05) is 18.6 Å². The first-order valence-corrected chi connectivity index (χ1v) is 5.30. The monoisotopic (exact) mass is 238 g/mol. The van der Waals surface area contributed by atoms with E-state index in [9.17, 15) is 0 Å². The lowest BCUT2D eigenvalue weighted by molar-refractivity contribution is 1.04. The Kier molecular flexibility index (Phi) is 3.03. The van der Waals surface area contributed by atoms with Crippen molar-refractivity contribution >= 4 is 29.1 Å². The van der Waals surface area contributed by atoms with Gasteiger partial charge in [0.05, 0.1) is 16.9 Å². The van der Waals surface area contributed by atoms with E-state index in [0.29, 0.717) is 15.7 Å². The normalized spacial score (nSPS) is 10.2. The molecular weight excluding hydrogens is 232 g/mol. The maximum absolute atomic E-state index is 5.75. The maximum atomic E-state index is 5.75. The van der Waals surface area contributed by atoms with E-state index < -0.39 is 0 Å². The molecule has 0 aromatic carbocycles. The van der Waals surface area contributed by atoms with Crippen molar-refractivity contribution in [2.45, 2.75) is 10.1 Å². The molecule has 0 radical (unpaired) electrons. The second kappa shape index (κ2) is 4.46. The predicted molar refractivity (Wildman–Crippen MR) is 59.8 cm³/mol. The van der Waals surface area contributed by atoms with Crippen LogP contribution in [0.5, 0.6) is 0 Å². The summed E-state index contributed by atoms with van der Waals surface area (Å²) < 4.78 is 0. The third-order valence-corrected chi connectivity index (χ3v) is 2.75. The number of rotatable bonds is 2. The Hall–Kier alpha value is -1.33. The number of nitrogen functional groups attached to an aromatic ring is 1. The summed E-state index contributed by atoms with van der Waals surface area (Å²) in [6.07, 6.45) is 6.44. The first-order chi connectivity index (χ1) is 7.25. The third-order valence-electron chi connectivity index (χ3n) is 1.59. The lowest BCUT2D eigenvalue weighted by atomic mass is 10.4. The van der Waals surface area contributed by atoms with Crippen molar-refractivity contribution in [3.8, 4) is 0 Å². The van der Waals surface area contributed by atoms with Crippen molar-refractivity contribution in [1.29, 1.82) is 0 Å². The van der Waals surface area contributed by atoms with Gasteiger partial charge in [-0.1, -0.05) is 11.6 Å². The quantitative estimate of drug-likeness (QED) is 0.870. The standard InChI is InChI=1S/C9H7ClN4S/c10-6-3-7(11)9(14-4-6)15-8-5-12-1-2-13-8/h1-5H,11H2. The average molecular weight is 239 g/mol. The van der Waals surface area contributed by atoms with Crippen LogP contribution < -0.4 is 5.73 Å². The van der Waals surface area contributed by atoms with E-state index in [1.54, 1.807) is 30.9 Å². The fourth-order valence-corrected chi connectivity index (χ4v) is 1.84. The van der Waals surface area contributed by atoms with Gasteiger partial charge in [-0.05, 0) is 17.8 Å². The fourth-order valence-electron chi connectivity index (χ4n) is 0.965. The van der Waals surface area contributed by atoms with Crippen LogP contribution in [0.15, 0.2) is 40.9 Å². The van der Waals surface area contributed by atoms with Crippen LogP contribution in [0.3, 0.4) is 0 Å². The van der Waals surface area contributed by atoms with Crippen LogP contribution in [0.1, 0.15) is 0 Å². The summed E-state index contributed by atoms with van der Waals surface area (Å²) >= 11 is 7.09. The summed E-state index contributed by atoms with van der Waals surface area (Å²) in [7, 11) is 0. The molecule has 0 unspecified atom stereocenters. The first kappa shape index (κ1) is 10.2. The highest BCUT2D eigenvalue weighted by Gasteiger charge is 2.04. The molecule has 2 aromatic rings. The Balaban J connectivity index is 2.25. The third kappa shape index (κ3) is 2.57. The van der Waals surface area contributed by atoms with Gasteiger partial charge in [-0.2, -0.15) is 0 Å². The molecule has 15 heavy (non-hydrogen) atoms. The number of halogens is 1. The second-order valence-electron chi connectivity index (χ2n) is 2.69. The van der Waals surface area contributed by atoms with Gasteiger partial charge in [0.15, 0.2) is 0 Å². The molecule has 0 aliphatic heterocycles. The number of anilines is 1. The predicted octanol–water partition coefficient (Wildman–Crippen LogP) is 2.26. The zero-order chi connectivity index (χ0) is 10.7. The lowest BCUT2D eigenvalue weighted by Crippen LogP contribution is -1.92. The SMILES string of the molecule is Nc1cc(Cl)cnc1Sc1cnccn1. The molecule has 0 aliphatic carbocycles. The molecule has 76 valence electrons. The summed E-state index contributed by atoms with van der Waals surface area (Å²) in [5.41, 5.74) is 6.29. The van der Waals surface area contributed by atoms with Crippen LogP contribution in [-0.4, -0.2) is 15.0 Å². The molecule has 2 rings (SSSR count). The Morgan fingerprint density at radius 1 is 1.20 bits per heavy atom. The molecule has 0 spiro atoms. The van der Waals surface area contributed by atoms with Gasteiger partial charge in [0.1, 0.15) is 10.1 Å². The van der Waals surface area contributed by atoms with Crippen molar-refractivity contribution in [3.63, 3.8) is 0 Å². The van der Waals surface area contributed by atoms with Gasteiger partial charge in [-0.15, -0.1) is 0 Å². The van der Waals surface area contributed by atoms with Crippen LogP contribution in [0, 0.1) is 0 Å². The molecule has 2 heterocycles. The van der Waals surface area contributed by atoms with Crippen molar-refractivity contribution in [2.24, 2.45) is 0 Å². The number of hydrogen-bond acceptors (Lipinski definition) is 5. The van der Waals surface area contributed by atoms with E-state index in [1.165, 1.54) is 11.8 Å². The largest absolute Gasteiger partial charge is 0.396 e. The Morgan fingerprint density at radius 3 is 2.73 bits per heavy atom. The van der Waals surface area contributed by atoms with E-state index in [4.69, 9.17) is 17.3 Å². The van der Waals surface area contributed by atoms with Gasteiger partial charge < -0.3 is 5.73 Å². The van der Waals surface area contributed by atoms with Crippen molar-refractivity contribution in [1.82, 2.24) is 15.0 Å². The van der Waals surface area contributed by atoms with Crippen molar-refractivity contribution in [2.75, 3.05) is 5.73 Å². The summed E-state index contributed by atoms with van der Waals surface area (Å²) in [5, 5.41) is 1.95. The maximum Gasteiger partial charge on any atom is 0.125 e. The second-order valence-corrected chi connectivity index (χ2v) is 4.14. The minimum absolute atomic E-state index is 0.524. The van der Waals surface area contributed by atoms with Gasteiger partial charge in [-0.3, -0.25) is 4.98 Å². The molecule has 2 aromatic heterocycles. The molecule has 0 saturated carbocycles. The molecule has 0 amide bonds. The highest BCUT2D eigenvalue weighted by molar-refractivity contribution is 7.99. The smallest absolute Gasteiger partial charge is 0.125 e. The summed E-state index contributed by atoms with van der Waals surface area (Å²) in [6.45, 7) is 0. The average Bonchev–Trinajstić information content (AvgIpc) is 2.24. The highest BCUT2D eigenvalue weighted by Crippen LogP contribution is 2.29. The lowest BCUT2D eigenvalue weighted by Gasteiger charge is -2.02. The van der Waals surface area contributed by atoms with Crippen LogP contribution in [0.25, 0.3) is 0 Å². The number of aromatic nitrogens is 3. The molecule has 0 bridgehead atoms. The van der Waals surface area contributed by atoms with E-state index in [-0.39, 0.29) is 0 Å².